The number of carbonyl (C=O) groups excluding carboxylic acids is 2. The van der Waals surface area contributed by atoms with Gasteiger partial charge in [-0.2, -0.15) is 0 Å². The maximum Gasteiger partial charge on any atom is 0.412 e. The first-order valence-electron chi connectivity index (χ1n) is 6.31. The van der Waals surface area contributed by atoms with Gasteiger partial charge in [0.05, 0.1) is 19.4 Å². The lowest BCUT2D eigenvalue weighted by atomic mass is 10.2. The summed E-state index contributed by atoms with van der Waals surface area (Å²) in [6.07, 6.45) is 2.91. The van der Waals surface area contributed by atoms with Gasteiger partial charge in [0, 0.05) is 13.2 Å². The van der Waals surface area contributed by atoms with E-state index in [9.17, 15) is 9.59 Å². The Morgan fingerprint density at radius 1 is 1.60 bits per heavy atom. The fourth-order valence-corrected chi connectivity index (χ4v) is 1.82. The van der Waals surface area contributed by atoms with Crippen molar-refractivity contribution in [3.63, 3.8) is 0 Å². The normalized spacial score (nSPS) is 17.8. The lowest BCUT2D eigenvalue weighted by Gasteiger charge is -2.10. The third-order valence-electron chi connectivity index (χ3n) is 2.81. The molecule has 1 atom stereocenters. The summed E-state index contributed by atoms with van der Waals surface area (Å²) < 4.78 is 11.2. The number of rotatable bonds is 5. The van der Waals surface area contributed by atoms with E-state index in [0.717, 1.165) is 19.4 Å². The van der Waals surface area contributed by atoms with Crippen molar-refractivity contribution < 1.29 is 19.1 Å². The van der Waals surface area contributed by atoms with E-state index in [0.29, 0.717) is 6.54 Å². The molecule has 0 aliphatic carbocycles. The van der Waals surface area contributed by atoms with Crippen molar-refractivity contribution >= 4 is 17.8 Å². The van der Waals surface area contributed by atoms with E-state index in [-0.39, 0.29) is 24.4 Å². The molecule has 2 heterocycles. The summed E-state index contributed by atoms with van der Waals surface area (Å²) in [4.78, 5) is 22.6. The number of carbonyl (C=O) groups is 2. The first-order chi connectivity index (χ1) is 9.67. The molecule has 2 rings (SSSR count). The molecule has 9 heteroatoms. The van der Waals surface area contributed by atoms with Crippen LogP contribution in [0, 0.1) is 0 Å². The Hall–Kier alpha value is -2.16. The van der Waals surface area contributed by atoms with Crippen LogP contribution in [0.15, 0.2) is 6.20 Å². The van der Waals surface area contributed by atoms with Crippen LogP contribution in [-0.2, 0) is 20.8 Å². The monoisotopic (exact) mass is 283 g/mol. The number of methoxy groups -OCH3 is 1. The quantitative estimate of drug-likeness (QED) is 0.771. The zero-order valence-electron chi connectivity index (χ0n) is 11.2. The third kappa shape index (κ3) is 4.19. The Morgan fingerprint density at radius 2 is 2.45 bits per heavy atom. The number of amides is 2. The molecule has 1 aliphatic heterocycles. The van der Waals surface area contributed by atoms with Crippen molar-refractivity contribution in [1.29, 1.82) is 0 Å². The molecule has 1 aromatic rings. The summed E-state index contributed by atoms with van der Waals surface area (Å²) >= 11 is 0. The van der Waals surface area contributed by atoms with E-state index in [2.05, 4.69) is 25.7 Å². The lowest BCUT2D eigenvalue weighted by molar-refractivity contribution is -0.122. The summed E-state index contributed by atoms with van der Waals surface area (Å²) in [5, 5.41) is 12.5. The fraction of sp³-hybridized carbons (Fsp3) is 0.636. The average Bonchev–Trinajstić information content (AvgIpc) is 3.08. The van der Waals surface area contributed by atoms with Crippen molar-refractivity contribution in [3.05, 3.63) is 6.20 Å². The third-order valence-corrected chi connectivity index (χ3v) is 2.81. The maximum absolute atomic E-state index is 11.7. The molecule has 20 heavy (non-hydrogen) atoms. The van der Waals surface area contributed by atoms with Crippen molar-refractivity contribution in [3.8, 4) is 0 Å². The van der Waals surface area contributed by atoms with E-state index < -0.39 is 6.09 Å². The summed E-state index contributed by atoms with van der Waals surface area (Å²) in [6, 6.07) is 0. The number of nitrogens with one attached hydrogen (secondary N) is 2. The van der Waals surface area contributed by atoms with Gasteiger partial charge in [-0.05, 0) is 12.8 Å². The van der Waals surface area contributed by atoms with Gasteiger partial charge in [0.25, 0.3) is 0 Å². The van der Waals surface area contributed by atoms with Crippen LogP contribution >= 0.6 is 0 Å². The Kier molecular flexibility index (Phi) is 4.88. The highest BCUT2D eigenvalue weighted by atomic mass is 16.5. The van der Waals surface area contributed by atoms with Crippen molar-refractivity contribution in [2.45, 2.75) is 25.5 Å². The smallest absolute Gasteiger partial charge is 0.412 e. The molecule has 0 aromatic carbocycles. The van der Waals surface area contributed by atoms with Gasteiger partial charge >= 0.3 is 6.09 Å². The van der Waals surface area contributed by atoms with Gasteiger partial charge in [0.15, 0.2) is 5.82 Å². The van der Waals surface area contributed by atoms with Gasteiger partial charge < -0.3 is 14.8 Å². The topological polar surface area (TPSA) is 107 Å². The lowest BCUT2D eigenvalue weighted by Crippen LogP contribution is -2.34. The summed E-state index contributed by atoms with van der Waals surface area (Å²) in [5.74, 6) is 0.0406. The number of hydrogen-bond acceptors (Lipinski definition) is 6. The molecule has 9 nitrogen and oxygen atoms in total. The average molecular weight is 283 g/mol. The standard InChI is InChI=1S/C11H17N5O4/c1-19-11(18)13-9-6-16(15-14-9)7-10(17)12-5-8-3-2-4-20-8/h6,8H,2-5,7H2,1H3,(H,12,17)(H,13,18). The second-order valence-corrected chi connectivity index (χ2v) is 4.36. The number of hydrogen-bond donors (Lipinski definition) is 2. The van der Waals surface area contributed by atoms with Crippen LogP contribution in [0.25, 0.3) is 0 Å². The second kappa shape index (κ2) is 6.85. The number of anilines is 1. The minimum atomic E-state index is -0.639. The van der Waals surface area contributed by atoms with E-state index >= 15 is 0 Å². The van der Waals surface area contributed by atoms with Crippen LogP contribution in [0.1, 0.15) is 12.8 Å². The van der Waals surface area contributed by atoms with Crippen LogP contribution in [0.5, 0.6) is 0 Å². The molecular formula is C11H17N5O4. The fourth-order valence-electron chi connectivity index (χ4n) is 1.82. The first kappa shape index (κ1) is 14.3. The summed E-state index contributed by atoms with van der Waals surface area (Å²) in [5.41, 5.74) is 0. The molecule has 1 saturated heterocycles. The van der Waals surface area contributed by atoms with E-state index in [1.165, 1.54) is 18.0 Å². The minimum Gasteiger partial charge on any atom is -0.453 e. The predicted molar refractivity (Wildman–Crippen MR) is 68.0 cm³/mol. The van der Waals surface area contributed by atoms with Crippen LogP contribution < -0.4 is 10.6 Å². The first-order valence-corrected chi connectivity index (χ1v) is 6.31. The van der Waals surface area contributed by atoms with E-state index in [1.807, 2.05) is 0 Å². The van der Waals surface area contributed by atoms with Gasteiger partial charge in [-0.3, -0.25) is 10.1 Å². The molecule has 1 unspecified atom stereocenters. The minimum absolute atomic E-state index is 0.0303. The largest absolute Gasteiger partial charge is 0.453 e. The number of ether oxygens (including phenoxy) is 2. The van der Waals surface area contributed by atoms with Gasteiger partial charge in [-0.1, -0.05) is 5.21 Å². The molecule has 1 aromatic heterocycles. The molecule has 0 bridgehead atoms. The molecular weight excluding hydrogens is 266 g/mol. The summed E-state index contributed by atoms with van der Waals surface area (Å²) in [6.45, 7) is 1.29. The molecule has 1 fully saturated rings. The molecule has 2 N–H and O–H groups in total. The Balaban J connectivity index is 1.74. The van der Waals surface area contributed by atoms with Gasteiger partial charge in [0.1, 0.15) is 6.54 Å². The highest BCUT2D eigenvalue weighted by Gasteiger charge is 2.16. The zero-order valence-corrected chi connectivity index (χ0v) is 11.2. The number of nitrogens with zero attached hydrogens (tertiary/aromatic N) is 3. The molecule has 1 aliphatic rings. The van der Waals surface area contributed by atoms with Crippen LogP contribution in [0.4, 0.5) is 10.6 Å². The molecule has 0 saturated carbocycles. The molecule has 0 spiro atoms. The van der Waals surface area contributed by atoms with Gasteiger partial charge in [-0.25, -0.2) is 9.48 Å². The Morgan fingerprint density at radius 3 is 3.15 bits per heavy atom. The molecule has 0 radical (unpaired) electrons. The highest BCUT2D eigenvalue weighted by molar-refractivity contribution is 5.82. The Labute approximate surface area is 115 Å². The second-order valence-electron chi connectivity index (χ2n) is 4.36. The van der Waals surface area contributed by atoms with Crippen LogP contribution in [-0.4, -0.2) is 53.4 Å². The SMILES string of the molecule is COC(=O)Nc1cn(CC(=O)NCC2CCCO2)nn1. The molecule has 110 valence electrons. The van der Waals surface area contributed by atoms with Crippen LogP contribution in [0.2, 0.25) is 0 Å². The predicted octanol–water partition coefficient (Wildman–Crippen LogP) is -0.248. The zero-order chi connectivity index (χ0) is 14.4. The van der Waals surface area contributed by atoms with Crippen LogP contribution in [0.3, 0.4) is 0 Å². The van der Waals surface area contributed by atoms with E-state index in [4.69, 9.17) is 4.74 Å². The summed E-state index contributed by atoms with van der Waals surface area (Å²) in [7, 11) is 1.25. The van der Waals surface area contributed by atoms with Gasteiger partial charge in [0.2, 0.25) is 5.91 Å². The number of aromatic nitrogens is 3. The molecule has 2 amide bonds. The van der Waals surface area contributed by atoms with Gasteiger partial charge in [-0.15, -0.1) is 5.10 Å². The maximum atomic E-state index is 11.7. The van der Waals surface area contributed by atoms with E-state index in [1.54, 1.807) is 0 Å². The van der Waals surface area contributed by atoms with Crippen molar-refractivity contribution in [2.24, 2.45) is 0 Å². The van der Waals surface area contributed by atoms with Crippen molar-refractivity contribution in [2.75, 3.05) is 25.6 Å². The Bertz CT molecular complexity index is 469. The highest BCUT2D eigenvalue weighted by Crippen LogP contribution is 2.10. The van der Waals surface area contributed by atoms with Crippen molar-refractivity contribution in [1.82, 2.24) is 20.3 Å².